The summed E-state index contributed by atoms with van der Waals surface area (Å²) in [5.41, 5.74) is 2.93. The van der Waals surface area contributed by atoms with Crippen molar-refractivity contribution in [1.82, 2.24) is 15.2 Å². The Balaban J connectivity index is 1.51. The van der Waals surface area contributed by atoms with Gasteiger partial charge in [0.25, 0.3) is 5.91 Å². The molecule has 0 radical (unpaired) electrons. The van der Waals surface area contributed by atoms with E-state index in [9.17, 15) is 4.79 Å². The van der Waals surface area contributed by atoms with Crippen LogP contribution in [0.15, 0.2) is 41.3 Å². The third-order valence-corrected chi connectivity index (χ3v) is 6.10. The third kappa shape index (κ3) is 2.76. The number of nitrogens with one attached hydrogen (secondary N) is 2. The van der Waals surface area contributed by atoms with Crippen LogP contribution in [0.1, 0.15) is 29.8 Å². The molecule has 3 atom stereocenters. The van der Waals surface area contributed by atoms with Crippen molar-refractivity contribution < 1.29 is 4.79 Å². The van der Waals surface area contributed by atoms with Gasteiger partial charge in [0.15, 0.2) is 0 Å². The molecule has 1 aromatic carbocycles. The highest BCUT2D eigenvalue weighted by atomic mass is 32.2. The van der Waals surface area contributed by atoms with E-state index in [1.807, 2.05) is 23.7 Å². The molecule has 0 unspecified atom stereocenters. The summed E-state index contributed by atoms with van der Waals surface area (Å²) >= 11 is 1.73. The highest BCUT2D eigenvalue weighted by Gasteiger charge is 2.39. The lowest BCUT2D eigenvalue weighted by molar-refractivity contribution is 0.0923. The minimum Gasteiger partial charge on any atom is -0.346 e. The number of hydrogen-bond acceptors (Lipinski definition) is 3. The van der Waals surface area contributed by atoms with Crippen LogP contribution in [0.25, 0.3) is 11.3 Å². The summed E-state index contributed by atoms with van der Waals surface area (Å²) in [6.07, 6.45) is 5.56. The molecule has 0 spiro atoms. The molecule has 2 N–H and O–H groups in total. The zero-order valence-electron chi connectivity index (χ0n) is 14.1. The SMILES string of the molecule is CSc1ccc(-c2ccc(C(=O)N[C@@H]3C[C@H]4CC[C@@H]3N4)n2C)cc1. The summed E-state index contributed by atoms with van der Waals surface area (Å²) in [7, 11) is 1.96. The van der Waals surface area contributed by atoms with Crippen LogP contribution in [0, 0.1) is 0 Å². The van der Waals surface area contributed by atoms with E-state index in [0.29, 0.717) is 12.1 Å². The lowest BCUT2D eigenvalue weighted by Gasteiger charge is -2.21. The summed E-state index contributed by atoms with van der Waals surface area (Å²) in [6.45, 7) is 0. The topological polar surface area (TPSA) is 46.1 Å². The number of rotatable bonds is 4. The molecule has 126 valence electrons. The van der Waals surface area contributed by atoms with E-state index < -0.39 is 0 Å². The first-order chi connectivity index (χ1) is 11.7. The fraction of sp³-hybridized carbons (Fsp3) is 0.421. The van der Waals surface area contributed by atoms with Crippen molar-refractivity contribution in [2.24, 2.45) is 7.05 Å². The van der Waals surface area contributed by atoms with Crippen molar-refractivity contribution >= 4 is 17.7 Å². The van der Waals surface area contributed by atoms with Crippen LogP contribution in [0.4, 0.5) is 0 Å². The Kier molecular flexibility index (Phi) is 4.14. The summed E-state index contributed by atoms with van der Waals surface area (Å²) < 4.78 is 1.99. The Morgan fingerprint density at radius 1 is 1.21 bits per heavy atom. The highest BCUT2D eigenvalue weighted by molar-refractivity contribution is 7.98. The van der Waals surface area contributed by atoms with Gasteiger partial charge in [-0.3, -0.25) is 4.79 Å². The molecule has 2 bridgehead atoms. The quantitative estimate of drug-likeness (QED) is 0.840. The Morgan fingerprint density at radius 3 is 2.62 bits per heavy atom. The minimum absolute atomic E-state index is 0.0313. The van der Waals surface area contributed by atoms with Gasteiger partial charge in [-0.25, -0.2) is 0 Å². The maximum atomic E-state index is 12.7. The summed E-state index contributed by atoms with van der Waals surface area (Å²) in [5, 5.41) is 6.79. The molecule has 1 amide bonds. The molecule has 5 heteroatoms. The Morgan fingerprint density at radius 2 is 2.00 bits per heavy atom. The van der Waals surface area contributed by atoms with Gasteiger partial charge in [-0.2, -0.15) is 0 Å². The molecular weight excluding hydrogens is 318 g/mol. The van der Waals surface area contributed by atoms with Crippen LogP contribution in [0.3, 0.4) is 0 Å². The number of nitrogens with zero attached hydrogens (tertiary/aromatic N) is 1. The molecule has 0 saturated carbocycles. The minimum atomic E-state index is 0.0313. The zero-order chi connectivity index (χ0) is 16.7. The molecule has 0 aliphatic carbocycles. The van der Waals surface area contributed by atoms with E-state index in [1.165, 1.54) is 17.7 Å². The molecule has 2 aliphatic heterocycles. The van der Waals surface area contributed by atoms with Gasteiger partial charge in [0.05, 0.1) is 0 Å². The number of carbonyl (C=O) groups excluding carboxylic acids is 1. The second kappa shape index (κ2) is 6.30. The van der Waals surface area contributed by atoms with Gasteiger partial charge in [-0.05, 0) is 55.3 Å². The smallest absolute Gasteiger partial charge is 0.268 e. The van der Waals surface area contributed by atoms with Crippen LogP contribution in [0.2, 0.25) is 0 Å². The fourth-order valence-electron chi connectivity index (χ4n) is 4.02. The van der Waals surface area contributed by atoms with Gasteiger partial charge in [0, 0.05) is 35.8 Å². The van der Waals surface area contributed by atoms with E-state index in [0.717, 1.165) is 23.4 Å². The highest BCUT2D eigenvalue weighted by Crippen LogP contribution is 2.29. The van der Waals surface area contributed by atoms with E-state index >= 15 is 0 Å². The predicted octanol–water partition coefficient (Wildman–Crippen LogP) is 3.04. The van der Waals surface area contributed by atoms with Crippen molar-refractivity contribution in [2.45, 2.75) is 42.3 Å². The average Bonchev–Trinajstić information content (AvgIpc) is 3.30. The molecule has 24 heavy (non-hydrogen) atoms. The number of hydrogen-bond donors (Lipinski definition) is 2. The van der Waals surface area contributed by atoms with E-state index in [2.05, 4.69) is 41.2 Å². The predicted molar refractivity (Wildman–Crippen MR) is 98.4 cm³/mol. The molecule has 2 aliphatic rings. The average molecular weight is 341 g/mol. The van der Waals surface area contributed by atoms with Crippen LogP contribution >= 0.6 is 11.8 Å². The van der Waals surface area contributed by atoms with Crippen molar-refractivity contribution in [2.75, 3.05) is 6.26 Å². The first-order valence-electron chi connectivity index (χ1n) is 8.53. The number of amides is 1. The number of carbonyl (C=O) groups is 1. The van der Waals surface area contributed by atoms with Gasteiger partial charge in [-0.15, -0.1) is 11.8 Å². The summed E-state index contributed by atoms with van der Waals surface area (Å²) in [5.74, 6) is 0.0313. The van der Waals surface area contributed by atoms with E-state index in [-0.39, 0.29) is 11.9 Å². The third-order valence-electron chi connectivity index (χ3n) is 5.36. The molecule has 2 aromatic rings. The van der Waals surface area contributed by atoms with Crippen molar-refractivity contribution in [3.63, 3.8) is 0 Å². The van der Waals surface area contributed by atoms with Gasteiger partial charge >= 0.3 is 0 Å². The van der Waals surface area contributed by atoms with Crippen molar-refractivity contribution in [3.05, 3.63) is 42.1 Å². The molecule has 1 aromatic heterocycles. The molecule has 4 rings (SSSR count). The zero-order valence-corrected chi connectivity index (χ0v) is 14.9. The van der Waals surface area contributed by atoms with Crippen LogP contribution in [-0.2, 0) is 7.05 Å². The Hall–Kier alpha value is -1.72. The lowest BCUT2D eigenvalue weighted by atomic mass is 9.95. The van der Waals surface area contributed by atoms with Crippen molar-refractivity contribution in [3.8, 4) is 11.3 Å². The van der Waals surface area contributed by atoms with Gasteiger partial charge in [0.2, 0.25) is 0 Å². The largest absolute Gasteiger partial charge is 0.346 e. The fourth-order valence-corrected chi connectivity index (χ4v) is 4.43. The summed E-state index contributed by atoms with van der Waals surface area (Å²) in [4.78, 5) is 13.9. The van der Waals surface area contributed by atoms with Gasteiger partial charge < -0.3 is 15.2 Å². The van der Waals surface area contributed by atoms with E-state index in [1.54, 1.807) is 11.8 Å². The van der Waals surface area contributed by atoms with Gasteiger partial charge in [0.1, 0.15) is 5.69 Å². The summed E-state index contributed by atoms with van der Waals surface area (Å²) in [6, 6.07) is 13.7. The Bertz CT molecular complexity index is 752. The molecule has 3 heterocycles. The standard InChI is InChI=1S/C19H23N3OS/c1-22-17(12-3-6-14(24-2)7-4-12)9-10-18(22)19(23)21-16-11-13-5-8-15(16)20-13/h3-4,6-7,9-10,13,15-16,20H,5,8,11H2,1-2H3,(H,21,23)/t13-,15+,16-/m1/s1. The first kappa shape index (κ1) is 15.8. The number of thioether (sulfide) groups is 1. The molecule has 2 saturated heterocycles. The maximum absolute atomic E-state index is 12.7. The molecule has 4 nitrogen and oxygen atoms in total. The number of fused-ring (bicyclic) bond motifs is 2. The molecule has 2 fully saturated rings. The van der Waals surface area contributed by atoms with Crippen LogP contribution < -0.4 is 10.6 Å². The second-order valence-corrected chi connectivity index (χ2v) is 7.63. The maximum Gasteiger partial charge on any atom is 0.268 e. The van der Waals surface area contributed by atoms with Gasteiger partial charge in [-0.1, -0.05) is 12.1 Å². The monoisotopic (exact) mass is 341 g/mol. The van der Waals surface area contributed by atoms with Crippen LogP contribution in [-0.4, -0.2) is 34.9 Å². The first-order valence-corrected chi connectivity index (χ1v) is 9.75. The van der Waals surface area contributed by atoms with Crippen molar-refractivity contribution in [1.29, 1.82) is 0 Å². The normalized spacial score (nSPS) is 25.2. The lowest BCUT2D eigenvalue weighted by Crippen LogP contribution is -2.43. The molecular formula is C19H23N3OS. The second-order valence-electron chi connectivity index (χ2n) is 6.75. The Labute approximate surface area is 147 Å². The number of aromatic nitrogens is 1. The number of benzene rings is 1. The van der Waals surface area contributed by atoms with Crippen LogP contribution in [0.5, 0.6) is 0 Å². The van der Waals surface area contributed by atoms with E-state index in [4.69, 9.17) is 0 Å².